The van der Waals surface area contributed by atoms with Crippen LogP contribution in [-0.4, -0.2) is 93.5 Å². The standard InChI is InChI=1S/C41H42FN5O7.H3O4P.H2O/c1-25-3-7-36(44-18-25)33-21-47(20-26-9-11-51-12-10-26)22-34(39(33)48)41(49)46-29-5-6-31(35(42)17-29)32-15-28(19-45-40(32)43)27-4-8-37(38(16-27)50-2)54-24-30-23-52-13-14-53-30;1-5(2,3)4;/h3-8,15-19,21-22,26,30H,9-14,20,23-24H2,1-2H3,(H2,43,45)(H,46,49);(H3,1,2,3,4);1H2/t30-;;/m1../s1. The van der Waals surface area contributed by atoms with Crippen LogP contribution in [0.2, 0.25) is 0 Å². The Balaban J connectivity index is 0.00000107. The van der Waals surface area contributed by atoms with Crippen LogP contribution in [-0.2, 0) is 25.3 Å². The van der Waals surface area contributed by atoms with E-state index < -0.39 is 25.0 Å². The molecule has 8 N–H and O–H groups in total. The summed E-state index contributed by atoms with van der Waals surface area (Å²) in [7, 11) is -3.09. The van der Waals surface area contributed by atoms with Crippen molar-refractivity contribution in [3.8, 4) is 45.0 Å². The van der Waals surface area contributed by atoms with Crippen molar-refractivity contribution in [1.82, 2.24) is 14.5 Å². The minimum Gasteiger partial charge on any atom is -0.493 e. The van der Waals surface area contributed by atoms with E-state index in [1.54, 1.807) is 62.2 Å². The molecule has 1 amide bonds. The minimum absolute atomic E-state index is 0. The number of anilines is 2. The number of nitrogen functional groups attached to an aromatic ring is 1. The SMILES string of the molecule is COc1cc(-c2cnc(N)c(-c3ccc(NC(=O)c4cn(CC5CCOCC5)cc(-c5ccc(C)cn5)c4=O)cc3F)c2)ccc1OC[C@H]1COCCO1.O.O=P(O)(O)O. The molecule has 0 bridgehead atoms. The number of nitrogens with zero attached hydrogens (tertiary/aromatic N) is 3. The lowest BCUT2D eigenvalue weighted by Gasteiger charge is -2.23. The summed E-state index contributed by atoms with van der Waals surface area (Å²) in [5, 5.41) is 2.72. The Hall–Kier alpha value is -5.56. The van der Waals surface area contributed by atoms with Crippen LogP contribution in [0.25, 0.3) is 33.5 Å². The first kappa shape index (κ1) is 45.5. The largest absolute Gasteiger partial charge is 0.493 e. The zero-order valence-corrected chi connectivity index (χ0v) is 33.8. The number of carbonyl (C=O) groups excluding carboxylic acids is 1. The zero-order chi connectivity index (χ0) is 42.1. The number of aryl methyl sites for hydroxylation is 1. The summed E-state index contributed by atoms with van der Waals surface area (Å²) in [5.74, 6) is 0.206. The third-order valence-electron chi connectivity index (χ3n) is 9.56. The maximum absolute atomic E-state index is 15.9. The lowest BCUT2D eigenvalue weighted by atomic mass is 9.99. The number of nitrogens with two attached hydrogens (primary N) is 1. The number of nitrogens with one attached hydrogen (secondary N) is 1. The maximum Gasteiger partial charge on any atom is 0.466 e. The molecule has 0 aliphatic carbocycles. The summed E-state index contributed by atoms with van der Waals surface area (Å²) in [6.07, 6.45) is 8.17. The third-order valence-corrected chi connectivity index (χ3v) is 9.56. The molecule has 0 unspecified atom stereocenters. The number of hydrogen-bond donors (Lipinski definition) is 5. The average Bonchev–Trinajstić information content (AvgIpc) is 3.21. The van der Waals surface area contributed by atoms with Crippen molar-refractivity contribution in [2.24, 2.45) is 5.92 Å². The Bertz CT molecular complexity index is 2360. The molecule has 17 nitrogen and oxygen atoms in total. The van der Waals surface area contributed by atoms with Gasteiger partial charge in [0.05, 0.1) is 38.2 Å². The topological polar surface area (TPSA) is 258 Å². The molecule has 2 fully saturated rings. The molecule has 0 saturated carbocycles. The summed E-state index contributed by atoms with van der Waals surface area (Å²) < 4.78 is 54.8. The molecule has 5 heterocycles. The molecule has 7 rings (SSSR count). The quantitative estimate of drug-likeness (QED) is 0.116. The van der Waals surface area contributed by atoms with Gasteiger partial charge in [-0.05, 0) is 79.3 Å². The molecule has 60 heavy (non-hydrogen) atoms. The highest BCUT2D eigenvalue weighted by atomic mass is 31.2. The van der Waals surface area contributed by atoms with E-state index in [9.17, 15) is 9.59 Å². The first-order valence-electron chi connectivity index (χ1n) is 18.7. The van der Waals surface area contributed by atoms with Crippen LogP contribution in [0.1, 0.15) is 28.8 Å². The fraction of sp³-hybridized carbons (Fsp3) is 0.317. The van der Waals surface area contributed by atoms with Crippen molar-refractivity contribution < 1.29 is 57.6 Å². The summed E-state index contributed by atoms with van der Waals surface area (Å²) >= 11 is 0. The highest BCUT2D eigenvalue weighted by Gasteiger charge is 2.22. The number of benzene rings is 2. The molecule has 5 aromatic rings. The predicted octanol–water partition coefficient (Wildman–Crippen LogP) is 4.40. The van der Waals surface area contributed by atoms with Crippen molar-refractivity contribution in [1.29, 1.82) is 0 Å². The second-order valence-corrected chi connectivity index (χ2v) is 15.0. The monoisotopic (exact) mass is 851 g/mol. The van der Waals surface area contributed by atoms with Crippen LogP contribution in [0.15, 0.2) is 84.2 Å². The van der Waals surface area contributed by atoms with Gasteiger partial charge in [-0.2, -0.15) is 0 Å². The highest BCUT2D eigenvalue weighted by Crippen LogP contribution is 2.36. The van der Waals surface area contributed by atoms with Gasteiger partial charge < -0.3 is 59.5 Å². The molecular weight excluding hydrogens is 804 g/mol. The Morgan fingerprint density at radius 3 is 2.37 bits per heavy atom. The maximum atomic E-state index is 15.9. The normalized spacial score (nSPS) is 15.5. The Kier molecular flexibility index (Phi) is 15.6. The van der Waals surface area contributed by atoms with E-state index in [0.29, 0.717) is 86.0 Å². The van der Waals surface area contributed by atoms with Gasteiger partial charge in [0.1, 0.15) is 29.9 Å². The van der Waals surface area contributed by atoms with Gasteiger partial charge >= 0.3 is 7.82 Å². The van der Waals surface area contributed by atoms with Gasteiger partial charge in [-0.15, -0.1) is 0 Å². The summed E-state index contributed by atoms with van der Waals surface area (Å²) in [5.41, 5.74) is 9.58. The van der Waals surface area contributed by atoms with Crippen LogP contribution in [0.3, 0.4) is 0 Å². The lowest BCUT2D eigenvalue weighted by Crippen LogP contribution is -2.33. The van der Waals surface area contributed by atoms with Crippen molar-refractivity contribution >= 4 is 25.2 Å². The second kappa shape index (κ2) is 20.6. The molecule has 0 spiro atoms. The van der Waals surface area contributed by atoms with E-state index in [0.717, 1.165) is 24.0 Å². The van der Waals surface area contributed by atoms with E-state index in [1.807, 2.05) is 23.6 Å². The zero-order valence-electron chi connectivity index (χ0n) is 32.9. The van der Waals surface area contributed by atoms with E-state index in [1.165, 1.54) is 12.1 Å². The number of halogens is 1. The molecule has 2 aliphatic heterocycles. The number of ether oxygens (including phenoxy) is 5. The van der Waals surface area contributed by atoms with Gasteiger partial charge in [-0.25, -0.2) is 13.9 Å². The number of amides is 1. The summed E-state index contributed by atoms with van der Waals surface area (Å²) in [6.45, 7) is 5.72. The number of aromatic nitrogens is 3. The molecule has 0 radical (unpaired) electrons. The molecule has 1 atom stereocenters. The van der Waals surface area contributed by atoms with Crippen molar-refractivity contribution in [3.63, 3.8) is 0 Å². The van der Waals surface area contributed by atoms with Gasteiger partial charge in [-0.1, -0.05) is 12.1 Å². The lowest BCUT2D eigenvalue weighted by molar-refractivity contribution is -0.101. The van der Waals surface area contributed by atoms with Gasteiger partial charge in [0, 0.05) is 66.9 Å². The van der Waals surface area contributed by atoms with Crippen LogP contribution in [0.5, 0.6) is 11.5 Å². The molecule has 2 aliphatic rings. The fourth-order valence-corrected chi connectivity index (χ4v) is 6.58. The molecule has 3 aromatic heterocycles. The molecule has 2 saturated heterocycles. The van der Waals surface area contributed by atoms with E-state index in [4.69, 9.17) is 48.7 Å². The minimum atomic E-state index is -4.64. The predicted molar refractivity (Wildman–Crippen MR) is 220 cm³/mol. The molecule has 320 valence electrons. The highest BCUT2D eigenvalue weighted by molar-refractivity contribution is 7.45. The van der Waals surface area contributed by atoms with E-state index >= 15 is 4.39 Å². The van der Waals surface area contributed by atoms with Crippen LogP contribution in [0.4, 0.5) is 15.9 Å². The van der Waals surface area contributed by atoms with Gasteiger partial charge in [0.2, 0.25) is 5.43 Å². The van der Waals surface area contributed by atoms with Gasteiger partial charge in [0.15, 0.2) is 11.5 Å². The fourth-order valence-electron chi connectivity index (χ4n) is 6.58. The summed E-state index contributed by atoms with van der Waals surface area (Å²) in [4.78, 5) is 57.8. The van der Waals surface area contributed by atoms with Crippen LogP contribution < -0.4 is 26.0 Å². The van der Waals surface area contributed by atoms with Crippen molar-refractivity contribution in [2.75, 3.05) is 57.8 Å². The van der Waals surface area contributed by atoms with Gasteiger partial charge in [-0.3, -0.25) is 14.6 Å². The van der Waals surface area contributed by atoms with Crippen LogP contribution in [0, 0.1) is 18.7 Å². The molecular formula is C41H47FN5O12P. The number of carbonyl (C=O) groups is 1. The second-order valence-electron chi connectivity index (χ2n) is 14.0. The number of methoxy groups -OCH3 is 1. The van der Waals surface area contributed by atoms with Crippen LogP contribution >= 0.6 is 7.82 Å². The first-order valence-corrected chi connectivity index (χ1v) is 20.2. The Morgan fingerprint density at radius 1 is 0.933 bits per heavy atom. The van der Waals surface area contributed by atoms with Gasteiger partial charge in [0.25, 0.3) is 5.91 Å². The number of hydrogen-bond acceptors (Lipinski definition) is 11. The third kappa shape index (κ3) is 12.2. The Labute approximate surface area is 344 Å². The number of rotatable bonds is 11. The average molecular weight is 852 g/mol. The smallest absolute Gasteiger partial charge is 0.466 e. The Morgan fingerprint density at radius 2 is 1.70 bits per heavy atom. The molecule has 19 heteroatoms. The van der Waals surface area contributed by atoms with E-state index in [2.05, 4.69) is 15.3 Å². The van der Waals surface area contributed by atoms with Crippen molar-refractivity contribution in [2.45, 2.75) is 32.4 Å². The molecule has 2 aromatic carbocycles. The number of pyridine rings is 3. The van der Waals surface area contributed by atoms with Crippen molar-refractivity contribution in [3.05, 3.63) is 107 Å². The first-order chi connectivity index (χ1) is 28.2. The summed E-state index contributed by atoms with van der Waals surface area (Å²) in [6, 6.07) is 15.1. The van der Waals surface area contributed by atoms with E-state index in [-0.39, 0.29) is 34.2 Å². The number of phosphoric acid groups is 1.